The van der Waals surface area contributed by atoms with Crippen molar-refractivity contribution < 1.29 is 14.6 Å². The molecule has 1 fully saturated rings. The Morgan fingerprint density at radius 3 is 2.67 bits per heavy atom. The fourth-order valence-electron chi connectivity index (χ4n) is 1.28. The molecule has 0 aromatic carbocycles. The van der Waals surface area contributed by atoms with Crippen LogP contribution in [-0.2, 0) is 9.47 Å². The number of hydrogen-bond acceptors (Lipinski definition) is 3. The lowest BCUT2D eigenvalue weighted by Gasteiger charge is -2.23. The topological polar surface area (TPSA) is 38.7 Å². The molecule has 12 heavy (non-hydrogen) atoms. The van der Waals surface area contributed by atoms with Crippen LogP contribution in [0.15, 0.2) is 12.7 Å². The van der Waals surface area contributed by atoms with Crippen LogP contribution in [0.3, 0.4) is 0 Å². The Labute approximate surface area is 73.0 Å². The van der Waals surface area contributed by atoms with E-state index in [1.165, 1.54) is 0 Å². The lowest BCUT2D eigenvalue weighted by atomic mass is 9.98. The molecule has 1 N–H and O–H groups in total. The van der Waals surface area contributed by atoms with Gasteiger partial charge in [-0.15, -0.1) is 6.58 Å². The number of ether oxygens (including phenoxy) is 2. The second kappa shape index (κ2) is 4.03. The van der Waals surface area contributed by atoms with E-state index in [0.717, 1.165) is 0 Å². The van der Waals surface area contributed by atoms with Gasteiger partial charge in [0.1, 0.15) is 0 Å². The largest absolute Gasteiger partial charge is 0.390 e. The standard InChI is InChI=1S/C9H16O3/c1-3-4-9(2,10)7-8-11-5-6-12-8/h3,8,10H,1,4-7H2,2H3. The smallest absolute Gasteiger partial charge is 0.160 e. The number of hydrogen-bond donors (Lipinski definition) is 1. The third kappa shape index (κ3) is 2.93. The summed E-state index contributed by atoms with van der Waals surface area (Å²) in [6, 6.07) is 0. The maximum absolute atomic E-state index is 9.74. The Morgan fingerprint density at radius 2 is 2.17 bits per heavy atom. The highest BCUT2D eigenvalue weighted by Crippen LogP contribution is 2.21. The van der Waals surface area contributed by atoms with Gasteiger partial charge in [0.05, 0.1) is 18.8 Å². The Bertz CT molecular complexity index is 148. The van der Waals surface area contributed by atoms with Gasteiger partial charge in [0.25, 0.3) is 0 Å². The van der Waals surface area contributed by atoms with Crippen molar-refractivity contribution in [3.63, 3.8) is 0 Å². The maximum atomic E-state index is 9.74. The first-order chi connectivity index (χ1) is 5.64. The van der Waals surface area contributed by atoms with Crippen molar-refractivity contribution in [2.45, 2.75) is 31.7 Å². The zero-order chi connectivity index (χ0) is 9.03. The monoisotopic (exact) mass is 172 g/mol. The zero-order valence-corrected chi connectivity index (χ0v) is 7.45. The molecule has 1 aliphatic heterocycles. The van der Waals surface area contributed by atoms with Gasteiger partial charge in [0.2, 0.25) is 0 Å². The molecule has 0 amide bonds. The fraction of sp³-hybridized carbons (Fsp3) is 0.778. The first-order valence-electron chi connectivity index (χ1n) is 4.20. The summed E-state index contributed by atoms with van der Waals surface area (Å²) in [6.45, 7) is 6.61. The maximum Gasteiger partial charge on any atom is 0.160 e. The third-order valence-electron chi connectivity index (χ3n) is 1.88. The molecule has 0 aromatic heterocycles. The van der Waals surface area contributed by atoms with E-state index in [4.69, 9.17) is 9.47 Å². The van der Waals surface area contributed by atoms with E-state index in [0.29, 0.717) is 26.1 Å². The highest BCUT2D eigenvalue weighted by molar-refractivity contribution is 4.83. The Morgan fingerprint density at radius 1 is 1.58 bits per heavy atom. The molecule has 3 heteroatoms. The Balaban J connectivity index is 2.31. The summed E-state index contributed by atoms with van der Waals surface area (Å²) in [6.07, 6.45) is 2.55. The third-order valence-corrected chi connectivity index (χ3v) is 1.88. The van der Waals surface area contributed by atoms with Gasteiger partial charge < -0.3 is 14.6 Å². The number of aliphatic hydroxyl groups is 1. The SMILES string of the molecule is C=CCC(C)(O)CC1OCCO1. The first-order valence-corrected chi connectivity index (χ1v) is 4.20. The normalized spacial score (nSPS) is 23.8. The van der Waals surface area contributed by atoms with Gasteiger partial charge in [-0.2, -0.15) is 0 Å². The predicted molar refractivity (Wildman–Crippen MR) is 45.7 cm³/mol. The lowest BCUT2D eigenvalue weighted by Crippen LogP contribution is -2.29. The van der Waals surface area contributed by atoms with Crippen molar-refractivity contribution in [1.82, 2.24) is 0 Å². The molecule has 1 unspecified atom stereocenters. The van der Waals surface area contributed by atoms with Crippen molar-refractivity contribution in [2.24, 2.45) is 0 Å². The quantitative estimate of drug-likeness (QED) is 0.645. The van der Waals surface area contributed by atoms with E-state index in [-0.39, 0.29) is 6.29 Å². The summed E-state index contributed by atoms with van der Waals surface area (Å²) in [4.78, 5) is 0. The van der Waals surface area contributed by atoms with Gasteiger partial charge >= 0.3 is 0 Å². The fourth-order valence-corrected chi connectivity index (χ4v) is 1.28. The van der Waals surface area contributed by atoms with Crippen LogP contribution in [0.5, 0.6) is 0 Å². The van der Waals surface area contributed by atoms with Crippen LogP contribution < -0.4 is 0 Å². The summed E-state index contributed by atoms with van der Waals surface area (Å²) >= 11 is 0. The second-order valence-corrected chi connectivity index (χ2v) is 3.37. The van der Waals surface area contributed by atoms with Gasteiger partial charge in [-0.1, -0.05) is 6.08 Å². The molecule has 0 spiro atoms. The van der Waals surface area contributed by atoms with Crippen molar-refractivity contribution in [3.05, 3.63) is 12.7 Å². The molecule has 1 saturated heterocycles. The van der Waals surface area contributed by atoms with Crippen LogP contribution in [0, 0.1) is 0 Å². The van der Waals surface area contributed by atoms with Crippen molar-refractivity contribution in [2.75, 3.05) is 13.2 Å². The average molecular weight is 172 g/mol. The van der Waals surface area contributed by atoms with Gasteiger partial charge in [-0.25, -0.2) is 0 Å². The summed E-state index contributed by atoms with van der Waals surface area (Å²) in [5, 5.41) is 9.74. The summed E-state index contributed by atoms with van der Waals surface area (Å²) in [5.41, 5.74) is -0.753. The molecule has 1 aliphatic rings. The average Bonchev–Trinajstić information content (AvgIpc) is 2.38. The second-order valence-electron chi connectivity index (χ2n) is 3.37. The van der Waals surface area contributed by atoms with Crippen LogP contribution in [0.25, 0.3) is 0 Å². The van der Waals surface area contributed by atoms with Gasteiger partial charge in [-0.3, -0.25) is 0 Å². The molecular formula is C9H16O3. The zero-order valence-electron chi connectivity index (χ0n) is 7.45. The molecule has 0 saturated carbocycles. The molecule has 1 heterocycles. The van der Waals surface area contributed by atoms with E-state index in [1.54, 1.807) is 13.0 Å². The summed E-state index contributed by atoms with van der Waals surface area (Å²) in [7, 11) is 0. The molecule has 0 aliphatic carbocycles. The summed E-state index contributed by atoms with van der Waals surface area (Å²) in [5.74, 6) is 0. The van der Waals surface area contributed by atoms with Crippen molar-refractivity contribution >= 4 is 0 Å². The number of rotatable bonds is 4. The van der Waals surface area contributed by atoms with E-state index < -0.39 is 5.60 Å². The van der Waals surface area contributed by atoms with E-state index in [9.17, 15) is 5.11 Å². The van der Waals surface area contributed by atoms with Crippen molar-refractivity contribution in [1.29, 1.82) is 0 Å². The molecule has 0 bridgehead atoms. The minimum Gasteiger partial charge on any atom is -0.390 e. The van der Waals surface area contributed by atoms with Crippen LogP contribution in [0.1, 0.15) is 19.8 Å². The molecule has 1 rings (SSSR count). The minimum absolute atomic E-state index is 0.236. The van der Waals surface area contributed by atoms with E-state index >= 15 is 0 Å². The summed E-state index contributed by atoms with van der Waals surface area (Å²) < 4.78 is 10.4. The highest BCUT2D eigenvalue weighted by Gasteiger charge is 2.27. The molecular weight excluding hydrogens is 156 g/mol. The van der Waals surface area contributed by atoms with E-state index in [2.05, 4.69) is 6.58 Å². The van der Waals surface area contributed by atoms with Gasteiger partial charge in [0.15, 0.2) is 6.29 Å². The predicted octanol–water partition coefficient (Wildman–Crippen LogP) is 1.08. The van der Waals surface area contributed by atoms with Crippen LogP contribution in [0.2, 0.25) is 0 Å². The van der Waals surface area contributed by atoms with Crippen LogP contribution in [-0.4, -0.2) is 30.2 Å². The molecule has 0 aromatic rings. The minimum atomic E-state index is -0.753. The molecule has 0 radical (unpaired) electrons. The van der Waals surface area contributed by atoms with Gasteiger partial charge in [0, 0.05) is 6.42 Å². The first kappa shape index (κ1) is 9.71. The molecule has 1 atom stereocenters. The Hall–Kier alpha value is -0.380. The van der Waals surface area contributed by atoms with Gasteiger partial charge in [-0.05, 0) is 13.3 Å². The highest BCUT2D eigenvalue weighted by atomic mass is 16.7. The molecule has 3 nitrogen and oxygen atoms in total. The van der Waals surface area contributed by atoms with Crippen LogP contribution in [0.4, 0.5) is 0 Å². The van der Waals surface area contributed by atoms with Crippen LogP contribution >= 0.6 is 0 Å². The van der Waals surface area contributed by atoms with Crippen molar-refractivity contribution in [3.8, 4) is 0 Å². The van der Waals surface area contributed by atoms with E-state index in [1.807, 2.05) is 0 Å². The lowest BCUT2D eigenvalue weighted by molar-refractivity contribution is -0.0953. The molecule has 70 valence electrons. The Kier molecular flexibility index (Phi) is 3.26.